The molecule has 3 rings (SSSR count). The number of hydrogen-bond donors (Lipinski definition) is 1. The Bertz CT molecular complexity index is 883. The maximum absolute atomic E-state index is 9.45. The Labute approximate surface area is 134 Å². The average Bonchev–Trinajstić information content (AvgIpc) is 3.02. The summed E-state index contributed by atoms with van der Waals surface area (Å²) in [6, 6.07) is 17.4. The third-order valence-corrected chi connectivity index (χ3v) is 3.30. The first-order valence-electron chi connectivity index (χ1n) is 7.21. The van der Waals surface area contributed by atoms with Gasteiger partial charge in [-0.25, -0.2) is 4.98 Å². The zero-order valence-electron chi connectivity index (χ0n) is 12.5. The number of benzene rings is 2. The Hall–Kier alpha value is -3.32. The summed E-state index contributed by atoms with van der Waals surface area (Å²) >= 11 is 0. The van der Waals surface area contributed by atoms with Gasteiger partial charge in [-0.2, -0.15) is 5.26 Å². The number of fused-ring (bicyclic) bond motifs is 1. The molecule has 0 aliphatic heterocycles. The summed E-state index contributed by atoms with van der Waals surface area (Å²) in [6.45, 7) is 4.07. The number of imidazole rings is 1. The molecule has 3 aromatic rings. The predicted molar refractivity (Wildman–Crippen MR) is 91.7 cm³/mol. The molecule has 0 radical (unpaired) electrons. The molecule has 4 heteroatoms. The van der Waals surface area contributed by atoms with Crippen molar-refractivity contribution in [3.05, 3.63) is 72.6 Å². The summed E-state index contributed by atoms with van der Waals surface area (Å²) in [5.74, 6) is 1.30. The summed E-state index contributed by atoms with van der Waals surface area (Å²) < 4.78 is 5.51. The molecule has 2 aromatic carbocycles. The molecule has 0 saturated carbocycles. The molecule has 1 N–H and O–H groups in total. The van der Waals surface area contributed by atoms with Crippen LogP contribution in [0.1, 0.15) is 11.4 Å². The zero-order chi connectivity index (χ0) is 16.1. The number of ether oxygens (including phenoxy) is 1. The maximum atomic E-state index is 9.45. The first kappa shape index (κ1) is 14.6. The summed E-state index contributed by atoms with van der Waals surface area (Å²) in [4.78, 5) is 7.63. The highest BCUT2D eigenvalue weighted by atomic mass is 16.5. The van der Waals surface area contributed by atoms with Crippen molar-refractivity contribution >= 4 is 22.7 Å². The van der Waals surface area contributed by atoms with Crippen LogP contribution >= 0.6 is 0 Å². The molecule has 0 aliphatic rings. The molecule has 0 aliphatic carbocycles. The standard InChI is InChI=1S/C19H15N3O/c1-2-10-23-16-7-5-6-14(12-16)11-15(13-20)19-21-17-8-3-4-9-18(17)22-19/h2-9,11-12H,1,10H2,(H,21,22). The van der Waals surface area contributed by atoms with Crippen LogP contribution in [0.5, 0.6) is 5.75 Å². The monoisotopic (exact) mass is 301 g/mol. The second kappa shape index (κ2) is 6.63. The van der Waals surface area contributed by atoms with E-state index in [1.54, 1.807) is 12.2 Å². The van der Waals surface area contributed by atoms with Gasteiger partial charge in [-0.1, -0.05) is 36.9 Å². The highest BCUT2D eigenvalue weighted by Gasteiger charge is 2.07. The fraction of sp³-hybridized carbons (Fsp3) is 0.0526. The van der Waals surface area contributed by atoms with Gasteiger partial charge in [0.1, 0.15) is 24.3 Å². The van der Waals surface area contributed by atoms with Gasteiger partial charge >= 0.3 is 0 Å². The van der Waals surface area contributed by atoms with Gasteiger partial charge in [0.2, 0.25) is 0 Å². The largest absolute Gasteiger partial charge is 0.490 e. The minimum Gasteiger partial charge on any atom is -0.490 e. The zero-order valence-corrected chi connectivity index (χ0v) is 12.5. The van der Waals surface area contributed by atoms with Crippen LogP contribution in [0.15, 0.2) is 61.2 Å². The number of aromatic nitrogens is 2. The van der Waals surface area contributed by atoms with Crippen molar-refractivity contribution < 1.29 is 4.74 Å². The maximum Gasteiger partial charge on any atom is 0.149 e. The molecule has 112 valence electrons. The van der Waals surface area contributed by atoms with Gasteiger partial charge < -0.3 is 9.72 Å². The number of allylic oxidation sites excluding steroid dienone is 1. The molecule has 0 atom stereocenters. The fourth-order valence-corrected chi connectivity index (χ4v) is 2.25. The van der Waals surface area contributed by atoms with E-state index in [9.17, 15) is 5.26 Å². The van der Waals surface area contributed by atoms with Crippen molar-refractivity contribution in [2.45, 2.75) is 0 Å². The van der Waals surface area contributed by atoms with Crippen LogP contribution in [0.25, 0.3) is 22.7 Å². The van der Waals surface area contributed by atoms with E-state index >= 15 is 0 Å². The van der Waals surface area contributed by atoms with Gasteiger partial charge in [-0.05, 0) is 35.9 Å². The quantitative estimate of drug-likeness (QED) is 0.567. The molecule has 4 nitrogen and oxygen atoms in total. The first-order valence-corrected chi connectivity index (χ1v) is 7.21. The summed E-state index contributed by atoms with van der Waals surface area (Å²) in [7, 11) is 0. The van der Waals surface area contributed by atoms with Crippen molar-refractivity contribution in [3.63, 3.8) is 0 Å². The third kappa shape index (κ3) is 3.30. The number of H-pyrrole nitrogens is 1. The number of aromatic amines is 1. The van der Waals surface area contributed by atoms with Gasteiger partial charge in [0.25, 0.3) is 0 Å². The third-order valence-electron chi connectivity index (χ3n) is 3.30. The molecule has 0 unspecified atom stereocenters. The van der Waals surface area contributed by atoms with E-state index in [0.717, 1.165) is 22.3 Å². The van der Waals surface area contributed by atoms with Crippen LogP contribution in [0, 0.1) is 11.3 Å². The number of hydrogen-bond acceptors (Lipinski definition) is 3. The lowest BCUT2D eigenvalue weighted by molar-refractivity contribution is 0.363. The number of para-hydroxylation sites is 2. The van der Waals surface area contributed by atoms with E-state index in [-0.39, 0.29) is 0 Å². The van der Waals surface area contributed by atoms with E-state index in [1.807, 2.05) is 48.5 Å². The minimum absolute atomic E-state index is 0.446. The number of nitrogens with zero attached hydrogens (tertiary/aromatic N) is 2. The molecule has 0 fully saturated rings. The van der Waals surface area contributed by atoms with Crippen LogP contribution < -0.4 is 4.74 Å². The van der Waals surface area contributed by atoms with Gasteiger partial charge in [-0.15, -0.1) is 0 Å². The SMILES string of the molecule is C=CCOc1cccc(C=C(C#N)c2nc3ccccc3[nH]2)c1. The topological polar surface area (TPSA) is 61.7 Å². The van der Waals surface area contributed by atoms with Crippen molar-refractivity contribution in [1.82, 2.24) is 9.97 Å². The summed E-state index contributed by atoms with van der Waals surface area (Å²) in [5.41, 5.74) is 3.10. The molecule has 0 amide bonds. The van der Waals surface area contributed by atoms with Crippen LogP contribution in [0.3, 0.4) is 0 Å². The van der Waals surface area contributed by atoms with Gasteiger partial charge in [0, 0.05) is 0 Å². The van der Waals surface area contributed by atoms with Gasteiger partial charge in [-0.3, -0.25) is 0 Å². The van der Waals surface area contributed by atoms with E-state index < -0.39 is 0 Å². The summed E-state index contributed by atoms with van der Waals surface area (Å²) in [5, 5.41) is 9.45. The second-order valence-electron chi connectivity index (χ2n) is 4.94. The van der Waals surface area contributed by atoms with Crippen molar-refractivity contribution in [3.8, 4) is 11.8 Å². The van der Waals surface area contributed by atoms with Crippen LogP contribution in [-0.4, -0.2) is 16.6 Å². The molecule has 0 spiro atoms. The van der Waals surface area contributed by atoms with Crippen molar-refractivity contribution in [1.29, 1.82) is 5.26 Å². The van der Waals surface area contributed by atoms with Crippen LogP contribution in [0.2, 0.25) is 0 Å². The Morgan fingerprint density at radius 2 is 2.13 bits per heavy atom. The number of rotatable bonds is 5. The Kier molecular flexibility index (Phi) is 4.21. The van der Waals surface area contributed by atoms with Crippen molar-refractivity contribution in [2.24, 2.45) is 0 Å². The van der Waals surface area contributed by atoms with Crippen LogP contribution in [-0.2, 0) is 0 Å². The lowest BCUT2D eigenvalue weighted by Crippen LogP contribution is -1.92. The van der Waals surface area contributed by atoms with E-state index in [4.69, 9.17) is 4.74 Å². The molecular formula is C19H15N3O. The van der Waals surface area contributed by atoms with Crippen molar-refractivity contribution in [2.75, 3.05) is 6.61 Å². The minimum atomic E-state index is 0.446. The molecule has 1 aromatic heterocycles. The summed E-state index contributed by atoms with van der Waals surface area (Å²) in [6.07, 6.45) is 3.48. The van der Waals surface area contributed by atoms with E-state index in [0.29, 0.717) is 18.0 Å². The molecule has 1 heterocycles. The van der Waals surface area contributed by atoms with Crippen LogP contribution in [0.4, 0.5) is 0 Å². The first-order chi connectivity index (χ1) is 11.3. The molecular weight excluding hydrogens is 286 g/mol. The van der Waals surface area contributed by atoms with Gasteiger partial charge in [0.15, 0.2) is 0 Å². The highest BCUT2D eigenvalue weighted by molar-refractivity contribution is 5.90. The fourth-order valence-electron chi connectivity index (χ4n) is 2.25. The lowest BCUT2D eigenvalue weighted by atomic mass is 10.1. The Balaban J connectivity index is 1.95. The predicted octanol–water partition coefficient (Wildman–Crippen LogP) is 4.19. The van der Waals surface area contributed by atoms with E-state index in [2.05, 4.69) is 22.6 Å². The Morgan fingerprint density at radius 1 is 1.26 bits per heavy atom. The molecule has 0 bridgehead atoms. The smallest absolute Gasteiger partial charge is 0.149 e. The second-order valence-corrected chi connectivity index (χ2v) is 4.94. The average molecular weight is 301 g/mol. The molecule has 23 heavy (non-hydrogen) atoms. The van der Waals surface area contributed by atoms with Gasteiger partial charge in [0.05, 0.1) is 16.6 Å². The van der Waals surface area contributed by atoms with E-state index in [1.165, 1.54) is 0 Å². The lowest BCUT2D eigenvalue weighted by Gasteiger charge is -2.03. The number of nitriles is 1. The Morgan fingerprint density at radius 3 is 2.91 bits per heavy atom. The normalized spacial score (nSPS) is 11.2. The number of nitrogens with one attached hydrogen (secondary N) is 1. The molecule has 0 saturated heterocycles. The highest BCUT2D eigenvalue weighted by Crippen LogP contribution is 2.21.